The van der Waals surface area contributed by atoms with Gasteiger partial charge in [-0.15, -0.1) is 10.2 Å². The number of carbonyl (C=O) groups excluding carboxylic acids is 1. The summed E-state index contributed by atoms with van der Waals surface area (Å²) in [5.74, 6) is -0.372. The Morgan fingerprint density at radius 1 is 1.35 bits per heavy atom. The molecule has 0 radical (unpaired) electrons. The van der Waals surface area contributed by atoms with Crippen LogP contribution in [-0.2, 0) is 4.79 Å². The van der Waals surface area contributed by atoms with Crippen LogP contribution in [0.15, 0.2) is 30.3 Å². The third-order valence-corrected chi connectivity index (χ3v) is 2.82. The van der Waals surface area contributed by atoms with Crippen LogP contribution in [0, 0.1) is 11.3 Å². The summed E-state index contributed by atoms with van der Waals surface area (Å²) in [5, 5.41) is 19.8. The van der Waals surface area contributed by atoms with Crippen LogP contribution in [-0.4, -0.2) is 16.1 Å². The highest BCUT2D eigenvalue weighted by Gasteiger charge is 2.08. The van der Waals surface area contributed by atoms with Gasteiger partial charge < -0.3 is 0 Å². The van der Waals surface area contributed by atoms with Crippen LogP contribution in [0.1, 0.15) is 6.42 Å². The van der Waals surface area contributed by atoms with Gasteiger partial charge in [0, 0.05) is 5.56 Å². The van der Waals surface area contributed by atoms with Gasteiger partial charge >= 0.3 is 0 Å². The van der Waals surface area contributed by atoms with Crippen molar-refractivity contribution in [2.24, 2.45) is 0 Å². The zero-order chi connectivity index (χ0) is 12.1. The SMILES string of the molecule is N#CCC(=O)Nc1nnc(-c2ccccc2)s1. The molecule has 2 aromatic rings. The van der Waals surface area contributed by atoms with Gasteiger partial charge in [0.05, 0.1) is 6.07 Å². The molecule has 6 heteroatoms. The van der Waals surface area contributed by atoms with E-state index in [9.17, 15) is 4.79 Å². The van der Waals surface area contributed by atoms with Gasteiger partial charge in [0.2, 0.25) is 11.0 Å². The van der Waals surface area contributed by atoms with E-state index in [0.29, 0.717) is 5.13 Å². The number of nitrogens with zero attached hydrogens (tertiary/aromatic N) is 3. The van der Waals surface area contributed by atoms with Crippen molar-refractivity contribution in [3.05, 3.63) is 30.3 Å². The fraction of sp³-hybridized carbons (Fsp3) is 0.0909. The predicted molar refractivity (Wildman–Crippen MR) is 64.2 cm³/mol. The molecule has 1 amide bonds. The summed E-state index contributed by atoms with van der Waals surface area (Å²) in [6.45, 7) is 0. The Hall–Kier alpha value is -2.26. The number of aromatic nitrogens is 2. The molecule has 0 saturated heterocycles. The van der Waals surface area contributed by atoms with Gasteiger partial charge in [0.15, 0.2) is 0 Å². The van der Waals surface area contributed by atoms with E-state index in [1.807, 2.05) is 30.3 Å². The first-order valence-electron chi connectivity index (χ1n) is 4.85. The van der Waals surface area contributed by atoms with Crippen LogP contribution in [0.2, 0.25) is 0 Å². The second kappa shape index (κ2) is 5.18. The summed E-state index contributed by atoms with van der Waals surface area (Å²) in [5.41, 5.74) is 0.950. The van der Waals surface area contributed by atoms with Crippen LogP contribution in [0.5, 0.6) is 0 Å². The topological polar surface area (TPSA) is 78.7 Å². The van der Waals surface area contributed by atoms with Gasteiger partial charge in [0.25, 0.3) is 0 Å². The van der Waals surface area contributed by atoms with Crippen LogP contribution < -0.4 is 5.32 Å². The summed E-state index contributed by atoms with van der Waals surface area (Å²) >= 11 is 1.28. The molecule has 1 aromatic carbocycles. The standard InChI is InChI=1S/C11H8N4OS/c12-7-6-9(16)13-11-15-14-10(17-11)8-4-2-1-3-5-8/h1-5H,6H2,(H,13,15,16). The number of amides is 1. The van der Waals surface area contributed by atoms with E-state index in [1.54, 1.807) is 6.07 Å². The van der Waals surface area contributed by atoms with Crippen LogP contribution in [0.4, 0.5) is 5.13 Å². The molecule has 0 bridgehead atoms. The van der Waals surface area contributed by atoms with E-state index in [-0.39, 0.29) is 12.3 Å². The van der Waals surface area contributed by atoms with Crippen molar-refractivity contribution < 1.29 is 4.79 Å². The predicted octanol–water partition coefficient (Wildman–Crippen LogP) is 2.06. The van der Waals surface area contributed by atoms with Gasteiger partial charge in [-0.1, -0.05) is 41.7 Å². The molecule has 5 nitrogen and oxygen atoms in total. The molecule has 84 valence electrons. The molecular formula is C11H8N4OS. The Bertz CT molecular complexity index is 558. The molecule has 2 rings (SSSR count). The molecule has 0 atom stereocenters. The Morgan fingerprint density at radius 2 is 2.12 bits per heavy atom. The van der Waals surface area contributed by atoms with Crippen molar-refractivity contribution in [1.82, 2.24) is 10.2 Å². The minimum atomic E-state index is -0.372. The molecule has 17 heavy (non-hydrogen) atoms. The lowest BCUT2D eigenvalue weighted by Gasteiger charge is -1.94. The maximum atomic E-state index is 11.2. The molecular weight excluding hydrogens is 236 g/mol. The second-order valence-electron chi connectivity index (χ2n) is 3.16. The largest absolute Gasteiger partial charge is 0.300 e. The molecule has 1 aromatic heterocycles. The summed E-state index contributed by atoms with van der Waals surface area (Å²) < 4.78 is 0. The quantitative estimate of drug-likeness (QED) is 0.896. The molecule has 0 aliphatic rings. The Labute approximate surface area is 102 Å². The van der Waals surface area contributed by atoms with Crippen molar-refractivity contribution in [1.29, 1.82) is 5.26 Å². The molecule has 1 N–H and O–H groups in total. The summed E-state index contributed by atoms with van der Waals surface area (Å²) in [4.78, 5) is 11.2. The van der Waals surface area contributed by atoms with E-state index in [1.165, 1.54) is 11.3 Å². The third kappa shape index (κ3) is 2.86. The third-order valence-electron chi connectivity index (χ3n) is 1.93. The first-order valence-corrected chi connectivity index (χ1v) is 5.67. The Kier molecular flexibility index (Phi) is 3.43. The first-order chi connectivity index (χ1) is 8.29. The fourth-order valence-electron chi connectivity index (χ4n) is 1.21. The van der Waals surface area contributed by atoms with Crippen molar-refractivity contribution in [3.63, 3.8) is 0 Å². The number of nitriles is 1. The van der Waals surface area contributed by atoms with Crippen LogP contribution >= 0.6 is 11.3 Å². The average molecular weight is 244 g/mol. The highest BCUT2D eigenvalue weighted by Crippen LogP contribution is 2.25. The number of hydrogen-bond acceptors (Lipinski definition) is 5. The molecule has 0 saturated carbocycles. The number of benzene rings is 1. The lowest BCUT2D eigenvalue weighted by molar-refractivity contribution is -0.115. The van der Waals surface area contributed by atoms with Crippen LogP contribution in [0.3, 0.4) is 0 Å². The van der Waals surface area contributed by atoms with E-state index in [0.717, 1.165) is 10.6 Å². The monoisotopic (exact) mass is 244 g/mol. The van der Waals surface area contributed by atoms with Gasteiger partial charge in [0.1, 0.15) is 11.4 Å². The van der Waals surface area contributed by atoms with Gasteiger partial charge in [-0.05, 0) is 0 Å². The molecule has 0 aliphatic heterocycles. The van der Waals surface area contributed by atoms with Crippen molar-refractivity contribution in [3.8, 4) is 16.6 Å². The molecule has 0 spiro atoms. The van der Waals surface area contributed by atoms with Gasteiger partial charge in [-0.25, -0.2) is 0 Å². The molecule has 0 aliphatic carbocycles. The maximum Gasteiger partial charge on any atom is 0.240 e. The number of nitrogens with one attached hydrogen (secondary N) is 1. The summed E-state index contributed by atoms with van der Waals surface area (Å²) in [6.07, 6.45) is -0.180. The van der Waals surface area contributed by atoms with E-state index < -0.39 is 0 Å². The lowest BCUT2D eigenvalue weighted by atomic mass is 10.2. The minimum Gasteiger partial charge on any atom is -0.300 e. The summed E-state index contributed by atoms with van der Waals surface area (Å²) in [7, 11) is 0. The maximum absolute atomic E-state index is 11.2. The molecule has 0 fully saturated rings. The Morgan fingerprint density at radius 3 is 2.82 bits per heavy atom. The highest BCUT2D eigenvalue weighted by molar-refractivity contribution is 7.18. The van der Waals surface area contributed by atoms with E-state index in [4.69, 9.17) is 5.26 Å². The van der Waals surface area contributed by atoms with Crippen molar-refractivity contribution >= 4 is 22.4 Å². The average Bonchev–Trinajstić information content (AvgIpc) is 2.79. The Balaban J connectivity index is 2.12. The number of rotatable bonds is 3. The molecule has 1 heterocycles. The normalized spacial score (nSPS) is 9.59. The van der Waals surface area contributed by atoms with E-state index >= 15 is 0 Å². The van der Waals surface area contributed by atoms with E-state index in [2.05, 4.69) is 15.5 Å². The van der Waals surface area contributed by atoms with Crippen LogP contribution in [0.25, 0.3) is 10.6 Å². The van der Waals surface area contributed by atoms with Crippen molar-refractivity contribution in [2.75, 3.05) is 5.32 Å². The zero-order valence-corrected chi connectivity index (χ0v) is 9.57. The summed E-state index contributed by atoms with van der Waals surface area (Å²) in [6, 6.07) is 11.3. The second-order valence-corrected chi connectivity index (χ2v) is 4.14. The van der Waals surface area contributed by atoms with Gasteiger partial charge in [-0.2, -0.15) is 5.26 Å². The minimum absolute atomic E-state index is 0.180. The smallest absolute Gasteiger partial charge is 0.240 e. The number of anilines is 1. The molecule has 0 unspecified atom stereocenters. The first kappa shape index (κ1) is 11.2. The highest BCUT2D eigenvalue weighted by atomic mass is 32.1. The van der Waals surface area contributed by atoms with Crippen molar-refractivity contribution in [2.45, 2.75) is 6.42 Å². The lowest BCUT2D eigenvalue weighted by Crippen LogP contribution is -2.09. The van der Waals surface area contributed by atoms with Gasteiger partial charge in [-0.3, -0.25) is 10.1 Å². The fourth-order valence-corrected chi connectivity index (χ4v) is 1.97. The zero-order valence-electron chi connectivity index (χ0n) is 8.75. The number of hydrogen-bond donors (Lipinski definition) is 1. The number of carbonyl (C=O) groups is 1.